The number of thioether (sulfide) groups is 1. The fourth-order valence-electron chi connectivity index (χ4n) is 2.69. The van der Waals surface area contributed by atoms with Crippen molar-refractivity contribution in [3.8, 4) is 11.5 Å². The van der Waals surface area contributed by atoms with E-state index < -0.39 is 0 Å². The fourth-order valence-corrected chi connectivity index (χ4v) is 3.13. The maximum Gasteiger partial charge on any atom is 0.231 e. The van der Waals surface area contributed by atoms with E-state index in [9.17, 15) is 0 Å². The highest BCUT2D eigenvalue weighted by atomic mass is 32.2. The van der Waals surface area contributed by atoms with Crippen LogP contribution in [-0.2, 0) is 6.42 Å². The van der Waals surface area contributed by atoms with Crippen LogP contribution >= 0.6 is 11.8 Å². The molecule has 0 atom stereocenters. The van der Waals surface area contributed by atoms with Crippen LogP contribution in [0.1, 0.15) is 12.5 Å². The third-order valence-electron chi connectivity index (χ3n) is 3.84. The molecule has 4 aromatic rings. The first kappa shape index (κ1) is 13.4. The van der Waals surface area contributed by atoms with Crippen molar-refractivity contribution in [2.45, 2.75) is 18.2 Å². The van der Waals surface area contributed by atoms with E-state index in [2.05, 4.69) is 36.4 Å². The molecule has 0 saturated heterocycles. The summed E-state index contributed by atoms with van der Waals surface area (Å²) in [6, 6.07) is 8.20. The van der Waals surface area contributed by atoms with Gasteiger partial charge in [0, 0.05) is 23.5 Å². The molecule has 4 rings (SSSR count). The molecule has 0 bridgehead atoms. The zero-order valence-corrected chi connectivity index (χ0v) is 13.2. The minimum absolute atomic E-state index is 0.641. The van der Waals surface area contributed by atoms with Crippen molar-refractivity contribution in [1.82, 2.24) is 14.4 Å². The van der Waals surface area contributed by atoms with Crippen molar-refractivity contribution in [1.29, 1.82) is 0 Å². The summed E-state index contributed by atoms with van der Waals surface area (Å²) in [5.74, 6) is 0.641. The smallest absolute Gasteiger partial charge is 0.231 e. The molecule has 0 fully saturated rings. The van der Waals surface area contributed by atoms with Gasteiger partial charge < -0.3 is 8.82 Å². The van der Waals surface area contributed by atoms with E-state index in [4.69, 9.17) is 9.40 Å². The van der Waals surface area contributed by atoms with Gasteiger partial charge in [-0.2, -0.15) is 0 Å². The Morgan fingerprint density at radius 2 is 2.14 bits per heavy atom. The van der Waals surface area contributed by atoms with Crippen LogP contribution in [0.2, 0.25) is 0 Å². The molecule has 3 heterocycles. The average molecular weight is 309 g/mol. The van der Waals surface area contributed by atoms with Gasteiger partial charge in [-0.3, -0.25) is 0 Å². The Morgan fingerprint density at radius 3 is 2.95 bits per heavy atom. The second-order valence-electron chi connectivity index (χ2n) is 5.08. The number of hydrogen-bond donors (Lipinski definition) is 0. The van der Waals surface area contributed by atoms with E-state index in [-0.39, 0.29) is 0 Å². The van der Waals surface area contributed by atoms with Crippen molar-refractivity contribution in [3.63, 3.8) is 0 Å². The standard InChI is InChI=1S/C17H15N3OS/c1-3-11-6-8-20-9-7-18-16(20)15(11)17-19-13-10-12(22-2)4-5-14(13)21-17/h4-10H,3H2,1-2H3. The van der Waals surface area contributed by atoms with Gasteiger partial charge in [-0.25, -0.2) is 9.97 Å². The number of fused-ring (bicyclic) bond motifs is 2. The number of aryl methyl sites for hydroxylation is 1. The minimum Gasteiger partial charge on any atom is -0.436 e. The number of nitrogens with zero attached hydrogens (tertiary/aromatic N) is 3. The van der Waals surface area contributed by atoms with Crippen molar-refractivity contribution < 1.29 is 4.42 Å². The summed E-state index contributed by atoms with van der Waals surface area (Å²) >= 11 is 1.70. The fraction of sp³-hybridized carbons (Fsp3) is 0.176. The maximum absolute atomic E-state index is 6.00. The van der Waals surface area contributed by atoms with Crippen LogP contribution in [-0.4, -0.2) is 20.6 Å². The Balaban J connectivity index is 1.99. The first-order valence-electron chi connectivity index (χ1n) is 7.19. The maximum atomic E-state index is 6.00. The Kier molecular flexibility index (Phi) is 3.15. The summed E-state index contributed by atoms with van der Waals surface area (Å²) in [5, 5.41) is 0. The lowest BCUT2D eigenvalue weighted by atomic mass is 10.1. The first-order valence-corrected chi connectivity index (χ1v) is 8.42. The molecule has 3 aromatic heterocycles. The molecule has 0 unspecified atom stereocenters. The predicted octanol–water partition coefficient (Wildman–Crippen LogP) is 4.43. The zero-order chi connectivity index (χ0) is 15.1. The summed E-state index contributed by atoms with van der Waals surface area (Å²) in [4.78, 5) is 10.3. The average Bonchev–Trinajstić information content (AvgIpc) is 3.18. The van der Waals surface area contributed by atoms with Crippen molar-refractivity contribution in [2.24, 2.45) is 0 Å². The largest absolute Gasteiger partial charge is 0.436 e. The van der Waals surface area contributed by atoms with Gasteiger partial charge in [0.25, 0.3) is 0 Å². The van der Waals surface area contributed by atoms with Crippen molar-refractivity contribution in [2.75, 3.05) is 6.26 Å². The van der Waals surface area contributed by atoms with Crippen LogP contribution in [0.4, 0.5) is 0 Å². The van der Waals surface area contributed by atoms with E-state index in [0.29, 0.717) is 5.89 Å². The highest BCUT2D eigenvalue weighted by Gasteiger charge is 2.16. The van der Waals surface area contributed by atoms with Gasteiger partial charge in [0.1, 0.15) is 11.2 Å². The molecule has 0 aliphatic carbocycles. The number of benzene rings is 1. The van der Waals surface area contributed by atoms with Crippen molar-refractivity contribution in [3.05, 3.63) is 48.4 Å². The van der Waals surface area contributed by atoms with Crippen LogP contribution in [0.3, 0.4) is 0 Å². The Morgan fingerprint density at radius 1 is 1.23 bits per heavy atom. The molecule has 5 heteroatoms. The van der Waals surface area contributed by atoms with E-state index in [1.807, 2.05) is 22.9 Å². The predicted molar refractivity (Wildman–Crippen MR) is 89.4 cm³/mol. The Hall–Kier alpha value is -2.27. The zero-order valence-electron chi connectivity index (χ0n) is 12.4. The number of aromatic nitrogens is 3. The van der Waals surface area contributed by atoms with Gasteiger partial charge in [-0.1, -0.05) is 6.92 Å². The van der Waals surface area contributed by atoms with E-state index in [1.54, 1.807) is 18.0 Å². The summed E-state index contributed by atoms with van der Waals surface area (Å²) in [6.07, 6.45) is 8.73. The van der Waals surface area contributed by atoms with Crippen LogP contribution in [0.25, 0.3) is 28.2 Å². The molecular formula is C17H15N3OS. The lowest BCUT2D eigenvalue weighted by Crippen LogP contribution is -1.94. The molecule has 0 spiro atoms. The summed E-state index contributed by atoms with van der Waals surface area (Å²) in [6.45, 7) is 2.13. The third-order valence-corrected chi connectivity index (χ3v) is 4.56. The van der Waals surface area contributed by atoms with Crippen LogP contribution in [0, 0.1) is 0 Å². The highest BCUT2D eigenvalue weighted by Crippen LogP contribution is 2.31. The molecule has 110 valence electrons. The van der Waals surface area contributed by atoms with Gasteiger partial charge in [-0.15, -0.1) is 11.8 Å². The molecule has 0 aliphatic heterocycles. The van der Waals surface area contributed by atoms with Gasteiger partial charge >= 0.3 is 0 Å². The second kappa shape index (κ2) is 5.18. The highest BCUT2D eigenvalue weighted by molar-refractivity contribution is 7.98. The monoisotopic (exact) mass is 309 g/mol. The van der Waals surface area contributed by atoms with Gasteiger partial charge in [0.15, 0.2) is 5.58 Å². The molecule has 0 amide bonds. The first-order chi connectivity index (χ1) is 10.8. The van der Waals surface area contributed by atoms with Crippen LogP contribution < -0.4 is 0 Å². The number of imidazole rings is 1. The number of pyridine rings is 1. The molecule has 0 radical (unpaired) electrons. The van der Waals surface area contributed by atoms with Crippen molar-refractivity contribution >= 4 is 28.5 Å². The number of hydrogen-bond acceptors (Lipinski definition) is 4. The molecule has 0 aliphatic rings. The Labute approximate surface area is 132 Å². The van der Waals surface area contributed by atoms with E-state index >= 15 is 0 Å². The van der Waals surface area contributed by atoms with Gasteiger partial charge in [0.2, 0.25) is 5.89 Å². The van der Waals surface area contributed by atoms with E-state index in [0.717, 1.165) is 28.7 Å². The third kappa shape index (κ3) is 2.01. The molecule has 1 aromatic carbocycles. The van der Waals surface area contributed by atoms with Gasteiger partial charge in [-0.05, 0) is 42.5 Å². The molecule has 22 heavy (non-hydrogen) atoms. The quantitative estimate of drug-likeness (QED) is 0.525. The lowest BCUT2D eigenvalue weighted by Gasteiger charge is -2.05. The summed E-state index contributed by atoms with van der Waals surface area (Å²) in [7, 11) is 0. The SMILES string of the molecule is CCc1ccn2ccnc2c1-c1nc2cc(SC)ccc2o1. The summed E-state index contributed by atoms with van der Waals surface area (Å²) < 4.78 is 8.00. The number of rotatable bonds is 3. The van der Waals surface area contributed by atoms with Crippen LogP contribution in [0.15, 0.2) is 52.2 Å². The molecule has 0 N–H and O–H groups in total. The molecule has 4 nitrogen and oxygen atoms in total. The normalized spacial score (nSPS) is 11.5. The minimum atomic E-state index is 0.641. The van der Waals surface area contributed by atoms with E-state index in [1.165, 1.54) is 10.5 Å². The summed E-state index contributed by atoms with van der Waals surface area (Å²) in [5.41, 5.74) is 4.75. The molecular weight excluding hydrogens is 294 g/mol. The Bertz CT molecular complexity index is 971. The van der Waals surface area contributed by atoms with Crippen LogP contribution in [0.5, 0.6) is 0 Å². The second-order valence-corrected chi connectivity index (χ2v) is 5.96. The topological polar surface area (TPSA) is 43.3 Å². The molecule has 0 saturated carbocycles. The number of oxazole rings is 1. The lowest BCUT2D eigenvalue weighted by molar-refractivity contribution is 0.619. The van der Waals surface area contributed by atoms with Gasteiger partial charge in [0.05, 0.1) is 5.56 Å².